The van der Waals surface area contributed by atoms with E-state index in [4.69, 9.17) is 10.00 Å². The van der Waals surface area contributed by atoms with Crippen LogP contribution in [0.15, 0.2) is 24.3 Å². The van der Waals surface area contributed by atoms with Gasteiger partial charge < -0.3 is 15.2 Å². The molecule has 20 heavy (non-hydrogen) atoms. The highest BCUT2D eigenvalue weighted by Gasteiger charge is 2.07. The fourth-order valence-electron chi connectivity index (χ4n) is 1.43. The maximum Gasteiger partial charge on any atom is 0.148 e. The van der Waals surface area contributed by atoms with Gasteiger partial charge in [-0.1, -0.05) is 6.07 Å². The minimum atomic E-state index is -2.99. The van der Waals surface area contributed by atoms with E-state index in [1.165, 1.54) is 0 Å². The molecule has 110 valence electrons. The molecular formula is C13H18N2O4S. The highest BCUT2D eigenvalue weighted by molar-refractivity contribution is 7.90. The van der Waals surface area contributed by atoms with Gasteiger partial charge in [0.25, 0.3) is 0 Å². The third kappa shape index (κ3) is 7.09. The molecule has 1 atom stereocenters. The maximum absolute atomic E-state index is 10.9. The molecule has 0 aromatic heterocycles. The van der Waals surface area contributed by atoms with E-state index in [1.54, 1.807) is 24.3 Å². The number of hydrogen-bond acceptors (Lipinski definition) is 6. The highest BCUT2D eigenvalue weighted by Crippen LogP contribution is 2.12. The fourth-order valence-corrected chi connectivity index (χ4v) is 1.95. The molecule has 0 radical (unpaired) electrons. The zero-order valence-electron chi connectivity index (χ0n) is 11.2. The molecule has 0 spiro atoms. The molecule has 1 rings (SSSR count). The summed E-state index contributed by atoms with van der Waals surface area (Å²) in [6.07, 6.45) is 0.413. The van der Waals surface area contributed by atoms with Crippen LogP contribution >= 0.6 is 0 Å². The van der Waals surface area contributed by atoms with Gasteiger partial charge in [-0.25, -0.2) is 8.42 Å². The summed E-state index contributed by atoms with van der Waals surface area (Å²) < 4.78 is 27.1. The van der Waals surface area contributed by atoms with Crippen molar-refractivity contribution in [2.24, 2.45) is 0 Å². The molecule has 0 saturated carbocycles. The lowest BCUT2D eigenvalue weighted by Gasteiger charge is -2.13. The van der Waals surface area contributed by atoms with E-state index in [0.29, 0.717) is 17.9 Å². The number of aliphatic hydroxyl groups excluding tert-OH is 1. The molecule has 0 heterocycles. The molecule has 0 aliphatic carbocycles. The van der Waals surface area contributed by atoms with Gasteiger partial charge >= 0.3 is 0 Å². The molecule has 0 aliphatic rings. The first kappa shape index (κ1) is 16.4. The van der Waals surface area contributed by atoms with E-state index in [1.807, 2.05) is 6.07 Å². The van der Waals surface area contributed by atoms with Gasteiger partial charge in [-0.05, 0) is 18.2 Å². The van der Waals surface area contributed by atoms with Crippen molar-refractivity contribution >= 4 is 9.84 Å². The number of benzene rings is 1. The van der Waals surface area contributed by atoms with Crippen LogP contribution in [0.1, 0.15) is 5.56 Å². The van der Waals surface area contributed by atoms with Crippen molar-refractivity contribution in [1.29, 1.82) is 5.26 Å². The predicted octanol–water partition coefficient (Wildman–Crippen LogP) is -0.0678. The Hall–Kier alpha value is -1.62. The van der Waals surface area contributed by atoms with Crippen LogP contribution in [0.2, 0.25) is 0 Å². The van der Waals surface area contributed by atoms with Crippen LogP contribution in [0.3, 0.4) is 0 Å². The Kier molecular flexibility index (Phi) is 6.45. The lowest BCUT2D eigenvalue weighted by atomic mass is 10.2. The Labute approximate surface area is 118 Å². The summed E-state index contributed by atoms with van der Waals surface area (Å²) in [5, 5.41) is 21.2. The number of nitrogens with one attached hydrogen (secondary N) is 1. The third-order valence-electron chi connectivity index (χ3n) is 2.44. The molecule has 1 aromatic rings. The molecule has 0 bridgehead atoms. The molecule has 0 aliphatic heterocycles. The van der Waals surface area contributed by atoms with Crippen LogP contribution in [0, 0.1) is 11.3 Å². The Morgan fingerprint density at radius 1 is 1.50 bits per heavy atom. The normalized spacial score (nSPS) is 12.7. The maximum atomic E-state index is 10.9. The topological polar surface area (TPSA) is 99.4 Å². The monoisotopic (exact) mass is 298 g/mol. The number of hydrogen-bond donors (Lipinski definition) is 2. The average molecular weight is 298 g/mol. The summed E-state index contributed by atoms with van der Waals surface area (Å²) in [4.78, 5) is 0. The van der Waals surface area contributed by atoms with Gasteiger partial charge in [0.1, 0.15) is 28.3 Å². The van der Waals surface area contributed by atoms with Crippen LogP contribution in [0.4, 0.5) is 0 Å². The summed E-state index contributed by atoms with van der Waals surface area (Å²) >= 11 is 0. The quantitative estimate of drug-likeness (QED) is 0.652. The van der Waals surface area contributed by atoms with Crippen LogP contribution < -0.4 is 10.1 Å². The van der Waals surface area contributed by atoms with Gasteiger partial charge in [0.05, 0.1) is 17.4 Å². The summed E-state index contributed by atoms with van der Waals surface area (Å²) in [6.45, 7) is 0.605. The highest BCUT2D eigenvalue weighted by atomic mass is 32.2. The number of nitriles is 1. The number of rotatable bonds is 8. The molecule has 0 fully saturated rings. The van der Waals surface area contributed by atoms with E-state index in [0.717, 1.165) is 6.26 Å². The third-order valence-corrected chi connectivity index (χ3v) is 3.38. The molecule has 1 unspecified atom stereocenters. The Bertz CT molecular complexity index is 566. The van der Waals surface area contributed by atoms with Gasteiger partial charge in [-0.2, -0.15) is 5.26 Å². The average Bonchev–Trinajstić information content (AvgIpc) is 2.40. The standard InChI is InChI=1S/C13H18N2O4S/c1-20(17,18)6-5-15-9-12(16)10-19-13-4-2-3-11(7-13)8-14/h2-4,7,12,15-16H,5-6,9-10H2,1H3. The van der Waals surface area contributed by atoms with E-state index in [9.17, 15) is 13.5 Å². The van der Waals surface area contributed by atoms with Crippen molar-refractivity contribution in [3.63, 3.8) is 0 Å². The van der Waals surface area contributed by atoms with Crippen molar-refractivity contribution in [1.82, 2.24) is 5.32 Å². The molecule has 0 amide bonds. The Balaban J connectivity index is 2.26. The smallest absolute Gasteiger partial charge is 0.148 e. The van der Waals surface area contributed by atoms with E-state index >= 15 is 0 Å². The summed E-state index contributed by atoms with van der Waals surface area (Å²) in [6, 6.07) is 8.65. The summed E-state index contributed by atoms with van der Waals surface area (Å²) in [7, 11) is -2.99. The van der Waals surface area contributed by atoms with E-state index in [-0.39, 0.29) is 18.9 Å². The zero-order chi connectivity index (χ0) is 15.0. The first-order valence-electron chi connectivity index (χ1n) is 6.10. The summed E-state index contributed by atoms with van der Waals surface area (Å²) in [5.74, 6) is 0.546. The van der Waals surface area contributed by atoms with Crippen molar-refractivity contribution in [3.05, 3.63) is 29.8 Å². The minimum absolute atomic E-state index is 0.0325. The molecule has 7 heteroatoms. The predicted molar refractivity (Wildman–Crippen MR) is 75.2 cm³/mol. The Morgan fingerprint density at radius 2 is 2.25 bits per heavy atom. The number of nitrogens with zero attached hydrogens (tertiary/aromatic N) is 1. The zero-order valence-corrected chi connectivity index (χ0v) is 12.1. The number of ether oxygens (including phenoxy) is 1. The minimum Gasteiger partial charge on any atom is -0.491 e. The SMILES string of the molecule is CS(=O)(=O)CCNCC(O)COc1cccc(C#N)c1. The molecule has 6 nitrogen and oxygen atoms in total. The lowest BCUT2D eigenvalue weighted by Crippen LogP contribution is -2.34. The molecular weight excluding hydrogens is 280 g/mol. The van der Waals surface area contributed by atoms with Crippen LogP contribution in [-0.2, 0) is 9.84 Å². The second kappa shape index (κ2) is 7.85. The lowest BCUT2D eigenvalue weighted by molar-refractivity contribution is 0.107. The van der Waals surface area contributed by atoms with Gasteiger partial charge in [0, 0.05) is 19.3 Å². The van der Waals surface area contributed by atoms with Crippen LogP contribution in [0.5, 0.6) is 5.75 Å². The second-order valence-electron chi connectivity index (χ2n) is 4.44. The van der Waals surface area contributed by atoms with Gasteiger partial charge in [0.2, 0.25) is 0 Å². The first-order valence-corrected chi connectivity index (χ1v) is 8.16. The van der Waals surface area contributed by atoms with Crippen LogP contribution in [0.25, 0.3) is 0 Å². The van der Waals surface area contributed by atoms with Gasteiger partial charge in [-0.15, -0.1) is 0 Å². The second-order valence-corrected chi connectivity index (χ2v) is 6.70. The van der Waals surface area contributed by atoms with Gasteiger partial charge in [-0.3, -0.25) is 0 Å². The van der Waals surface area contributed by atoms with Crippen molar-refractivity contribution < 1.29 is 18.3 Å². The van der Waals surface area contributed by atoms with Crippen molar-refractivity contribution in [2.75, 3.05) is 31.7 Å². The largest absolute Gasteiger partial charge is 0.491 e. The Morgan fingerprint density at radius 3 is 2.90 bits per heavy atom. The number of aliphatic hydroxyl groups is 1. The van der Waals surface area contributed by atoms with Gasteiger partial charge in [0.15, 0.2) is 0 Å². The summed E-state index contributed by atoms with van der Waals surface area (Å²) in [5.41, 5.74) is 0.489. The number of sulfone groups is 1. The van der Waals surface area contributed by atoms with Crippen LogP contribution in [-0.4, -0.2) is 51.3 Å². The first-order chi connectivity index (χ1) is 9.40. The molecule has 0 saturated heterocycles. The fraction of sp³-hybridized carbons (Fsp3) is 0.462. The van der Waals surface area contributed by atoms with E-state index in [2.05, 4.69) is 5.32 Å². The molecule has 2 N–H and O–H groups in total. The molecule has 1 aromatic carbocycles. The van der Waals surface area contributed by atoms with Crippen molar-refractivity contribution in [2.45, 2.75) is 6.10 Å². The van der Waals surface area contributed by atoms with E-state index < -0.39 is 15.9 Å². The van der Waals surface area contributed by atoms with Crippen molar-refractivity contribution in [3.8, 4) is 11.8 Å².